The third-order valence-corrected chi connectivity index (χ3v) is 6.49. The highest BCUT2D eigenvalue weighted by Gasteiger charge is 2.21. The lowest BCUT2D eigenvalue weighted by Crippen LogP contribution is -2.07. The largest absolute Gasteiger partial charge is 0.139 e. The van der Waals surface area contributed by atoms with Gasteiger partial charge in [0.15, 0.2) is 0 Å². The number of hydrogen-bond donors (Lipinski definition) is 0. The first-order chi connectivity index (χ1) is 10.1. The van der Waals surface area contributed by atoms with E-state index in [1.165, 1.54) is 19.6 Å². The number of thioether (sulfide) groups is 1. The predicted molar refractivity (Wildman–Crippen MR) is 109 cm³/mol. The molecule has 0 saturated carbocycles. The van der Waals surface area contributed by atoms with Gasteiger partial charge in [0.05, 0.1) is 0 Å². The molecule has 1 heterocycles. The third-order valence-electron chi connectivity index (χ3n) is 3.07. The zero-order valence-corrected chi connectivity index (χ0v) is 17.8. The second-order valence-electron chi connectivity index (χ2n) is 7.07. The smallest absolute Gasteiger partial charge is 0.0409 e. The fourth-order valence-electron chi connectivity index (χ4n) is 1.89. The second-order valence-corrected chi connectivity index (χ2v) is 9.24. The molecule has 0 atom stereocenters. The molecule has 0 aromatic carbocycles. The first kappa shape index (κ1) is 21.5. The molecule has 0 amide bonds. The van der Waals surface area contributed by atoms with Crippen molar-refractivity contribution in [3.8, 4) is 0 Å². The topological polar surface area (TPSA) is 0 Å². The Balaban J connectivity index is 0.00000211. The molecular weight excluding hydrogens is 304 g/mol. The SMILES string of the molecule is C/C=C(\S/C(=C\C)C(C)(C)C)c1ccc(C(C)(C)C)s1.CC. The van der Waals surface area contributed by atoms with Gasteiger partial charge in [-0.1, -0.05) is 79.3 Å². The molecule has 1 aromatic heterocycles. The van der Waals surface area contributed by atoms with Gasteiger partial charge in [0.25, 0.3) is 0 Å². The first-order valence-electron chi connectivity index (χ1n) is 8.21. The van der Waals surface area contributed by atoms with E-state index in [2.05, 4.69) is 79.7 Å². The van der Waals surface area contributed by atoms with Crippen molar-refractivity contribution in [2.24, 2.45) is 5.41 Å². The van der Waals surface area contributed by atoms with Crippen LogP contribution in [-0.4, -0.2) is 0 Å². The van der Waals surface area contributed by atoms with E-state index in [-0.39, 0.29) is 10.8 Å². The molecule has 0 aliphatic heterocycles. The highest BCUT2D eigenvalue weighted by Crippen LogP contribution is 2.45. The number of allylic oxidation sites excluding steroid dienone is 3. The van der Waals surface area contributed by atoms with Gasteiger partial charge in [-0.25, -0.2) is 0 Å². The van der Waals surface area contributed by atoms with Crippen molar-refractivity contribution in [3.63, 3.8) is 0 Å². The lowest BCUT2D eigenvalue weighted by Gasteiger charge is -2.23. The van der Waals surface area contributed by atoms with E-state index in [1.54, 1.807) is 0 Å². The van der Waals surface area contributed by atoms with Crippen LogP contribution < -0.4 is 0 Å². The normalized spacial score (nSPS) is 13.7. The summed E-state index contributed by atoms with van der Waals surface area (Å²) in [6.07, 6.45) is 4.48. The van der Waals surface area contributed by atoms with E-state index in [4.69, 9.17) is 0 Å². The van der Waals surface area contributed by atoms with Gasteiger partial charge >= 0.3 is 0 Å². The van der Waals surface area contributed by atoms with Crippen molar-refractivity contribution in [1.29, 1.82) is 0 Å². The summed E-state index contributed by atoms with van der Waals surface area (Å²) >= 11 is 3.83. The Labute approximate surface area is 147 Å². The summed E-state index contributed by atoms with van der Waals surface area (Å²) in [5, 5.41) is 0. The van der Waals surface area contributed by atoms with E-state index in [0.717, 1.165) is 0 Å². The Kier molecular flexibility index (Phi) is 8.79. The Morgan fingerprint density at radius 1 is 0.955 bits per heavy atom. The Bertz CT molecular complexity index is 503. The van der Waals surface area contributed by atoms with Gasteiger partial charge in [-0.05, 0) is 41.7 Å². The van der Waals surface area contributed by atoms with Crippen LogP contribution in [0, 0.1) is 5.41 Å². The monoisotopic (exact) mass is 338 g/mol. The van der Waals surface area contributed by atoms with Gasteiger partial charge < -0.3 is 0 Å². The summed E-state index contributed by atoms with van der Waals surface area (Å²) in [7, 11) is 0. The maximum atomic E-state index is 2.28. The minimum atomic E-state index is 0.206. The van der Waals surface area contributed by atoms with Crippen molar-refractivity contribution < 1.29 is 0 Å². The van der Waals surface area contributed by atoms with E-state index < -0.39 is 0 Å². The molecule has 2 heteroatoms. The van der Waals surface area contributed by atoms with Crippen molar-refractivity contribution >= 4 is 28.0 Å². The van der Waals surface area contributed by atoms with Crippen LogP contribution in [0.4, 0.5) is 0 Å². The van der Waals surface area contributed by atoms with Gasteiger partial charge in [0.1, 0.15) is 0 Å². The number of rotatable bonds is 3. The zero-order valence-electron chi connectivity index (χ0n) is 16.1. The van der Waals surface area contributed by atoms with Gasteiger partial charge in [-0.3, -0.25) is 0 Å². The lowest BCUT2D eigenvalue weighted by atomic mass is 9.95. The second kappa shape index (κ2) is 8.98. The van der Waals surface area contributed by atoms with Gasteiger partial charge in [-0.15, -0.1) is 11.3 Å². The summed E-state index contributed by atoms with van der Waals surface area (Å²) in [4.78, 5) is 5.63. The van der Waals surface area contributed by atoms with Gasteiger partial charge in [-0.2, -0.15) is 0 Å². The van der Waals surface area contributed by atoms with E-state index in [1.807, 2.05) is 36.9 Å². The molecule has 0 aliphatic rings. The van der Waals surface area contributed by atoms with Gasteiger partial charge in [0, 0.05) is 14.7 Å². The van der Waals surface area contributed by atoms with Crippen LogP contribution in [0.5, 0.6) is 0 Å². The van der Waals surface area contributed by atoms with Crippen molar-refractivity contribution in [3.05, 3.63) is 38.9 Å². The standard InChI is InChI=1S/C18H28S2.C2H6/c1-9-13(19-15(10-2)17(3,4)5)14-11-12-16(20-14)18(6,7)8;1-2/h9-12H,1-8H3;1-2H3/b13-9-,15-10-;. The van der Waals surface area contributed by atoms with Crippen molar-refractivity contribution in [1.82, 2.24) is 0 Å². The molecular formula is C20H34S2. The fourth-order valence-corrected chi connectivity index (χ4v) is 4.12. The van der Waals surface area contributed by atoms with E-state index in [9.17, 15) is 0 Å². The number of thiophene rings is 1. The lowest BCUT2D eigenvalue weighted by molar-refractivity contribution is 0.533. The molecule has 0 nitrogen and oxygen atoms in total. The molecule has 22 heavy (non-hydrogen) atoms. The van der Waals surface area contributed by atoms with Crippen molar-refractivity contribution in [2.45, 2.75) is 74.7 Å². The maximum absolute atomic E-state index is 2.28. The molecule has 0 radical (unpaired) electrons. The molecule has 0 spiro atoms. The van der Waals surface area contributed by atoms with Crippen molar-refractivity contribution in [2.75, 3.05) is 0 Å². The Morgan fingerprint density at radius 3 is 1.82 bits per heavy atom. The van der Waals surface area contributed by atoms with Crippen LogP contribution >= 0.6 is 23.1 Å². The van der Waals surface area contributed by atoms with Gasteiger partial charge in [0.2, 0.25) is 0 Å². The summed E-state index contributed by atoms with van der Waals surface area (Å²) in [5.74, 6) is 0. The minimum Gasteiger partial charge on any atom is -0.139 e. The van der Waals surface area contributed by atoms with Crippen LogP contribution in [0.2, 0.25) is 0 Å². The van der Waals surface area contributed by atoms with Crippen LogP contribution in [-0.2, 0) is 5.41 Å². The minimum absolute atomic E-state index is 0.206. The highest BCUT2D eigenvalue weighted by molar-refractivity contribution is 8.12. The molecule has 1 rings (SSSR count). The summed E-state index contributed by atoms with van der Waals surface area (Å²) in [6, 6.07) is 4.54. The predicted octanol–water partition coefficient (Wildman–Crippen LogP) is 8.12. The quantitative estimate of drug-likeness (QED) is 0.536. The highest BCUT2D eigenvalue weighted by atomic mass is 32.2. The molecule has 0 saturated heterocycles. The van der Waals surface area contributed by atoms with Crippen LogP contribution in [0.3, 0.4) is 0 Å². The Hall–Kier alpha value is -0.470. The molecule has 0 aliphatic carbocycles. The average Bonchev–Trinajstić information content (AvgIpc) is 2.90. The fraction of sp³-hybridized carbons (Fsp3) is 0.600. The summed E-state index contributed by atoms with van der Waals surface area (Å²) < 4.78 is 0. The molecule has 126 valence electrons. The molecule has 0 N–H and O–H groups in total. The molecule has 0 unspecified atom stereocenters. The third kappa shape index (κ3) is 6.34. The molecule has 0 fully saturated rings. The maximum Gasteiger partial charge on any atom is 0.0409 e. The Morgan fingerprint density at radius 2 is 1.50 bits per heavy atom. The number of hydrogen-bond acceptors (Lipinski definition) is 2. The zero-order chi connectivity index (χ0) is 17.6. The average molecular weight is 339 g/mol. The first-order valence-corrected chi connectivity index (χ1v) is 9.84. The summed E-state index contributed by atoms with van der Waals surface area (Å²) in [6.45, 7) is 21.9. The summed E-state index contributed by atoms with van der Waals surface area (Å²) in [5.41, 5.74) is 0.442. The molecule has 0 bridgehead atoms. The van der Waals surface area contributed by atoms with E-state index in [0.29, 0.717) is 0 Å². The van der Waals surface area contributed by atoms with Crippen LogP contribution in [0.1, 0.15) is 79.0 Å². The molecule has 1 aromatic rings. The van der Waals surface area contributed by atoms with Crippen LogP contribution in [0.15, 0.2) is 29.2 Å². The van der Waals surface area contributed by atoms with Crippen LogP contribution in [0.25, 0.3) is 4.91 Å². The van der Waals surface area contributed by atoms with E-state index >= 15 is 0 Å².